The number of rotatable bonds is 3. The molecule has 100 valence electrons. The van der Waals surface area contributed by atoms with Crippen LogP contribution >= 0.6 is 11.6 Å². The molecule has 0 spiro atoms. The number of hydrogen-bond donors (Lipinski definition) is 1. The first-order chi connectivity index (χ1) is 8.58. The van der Waals surface area contributed by atoms with Crippen LogP contribution in [0.15, 0.2) is 18.2 Å². The molecule has 0 bridgehead atoms. The fourth-order valence-corrected chi connectivity index (χ4v) is 2.75. The predicted molar refractivity (Wildman–Crippen MR) is 78.7 cm³/mol. The molecule has 0 aliphatic carbocycles. The molecule has 0 radical (unpaired) electrons. The van der Waals surface area contributed by atoms with Gasteiger partial charge in [0.2, 0.25) is 0 Å². The van der Waals surface area contributed by atoms with Crippen molar-refractivity contribution in [1.29, 1.82) is 0 Å². The Morgan fingerprint density at radius 1 is 1.50 bits per heavy atom. The third-order valence-corrected chi connectivity index (χ3v) is 3.93. The second kappa shape index (κ2) is 5.91. The van der Waals surface area contributed by atoms with Crippen LogP contribution < -0.4 is 10.2 Å². The van der Waals surface area contributed by atoms with Crippen molar-refractivity contribution in [2.45, 2.75) is 13.0 Å². The van der Waals surface area contributed by atoms with Crippen LogP contribution in [0, 0.1) is 6.92 Å². The van der Waals surface area contributed by atoms with E-state index in [0.29, 0.717) is 6.04 Å². The summed E-state index contributed by atoms with van der Waals surface area (Å²) in [4.78, 5) is 4.75. The van der Waals surface area contributed by atoms with E-state index in [2.05, 4.69) is 42.2 Å². The molecule has 1 aromatic carbocycles. The highest BCUT2D eigenvalue weighted by molar-refractivity contribution is 6.30. The largest absolute Gasteiger partial charge is 0.373 e. The maximum Gasteiger partial charge on any atom is 0.0410 e. The summed E-state index contributed by atoms with van der Waals surface area (Å²) in [5.74, 6) is 0. The molecule has 1 fully saturated rings. The van der Waals surface area contributed by atoms with Gasteiger partial charge in [-0.15, -0.1) is 0 Å². The Morgan fingerprint density at radius 2 is 2.28 bits per heavy atom. The van der Waals surface area contributed by atoms with E-state index in [-0.39, 0.29) is 0 Å². The Morgan fingerprint density at radius 3 is 2.94 bits per heavy atom. The van der Waals surface area contributed by atoms with E-state index in [9.17, 15) is 0 Å². The Hall–Kier alpha value is -0.770. The van der Waals surface area contributed by atoms with Crippen LogP contribution in [-0.4, -0.2) is 51.2 Å². The van der Waals surface area contributed by atoms with Crippen LogP contribution in [0.2, 0.25) is 5.02 Å². The minimum atomic E-state index is 0.568. The van der Waals surface area contributed by atoms with Gasteiger partial charge in [-0.2, -0.15) is 0 Å². The summed E-state index contributed by atoms with van der Waals surface area (Å²) in [5.41, 5.74) is 2.50. The fourth-order valence-electron chi connectivity index (χ4n) is 2.53. The van der Waals surface area contributed by atoms with Crippen molar-refractivity contribution in [3.05, 3.63) is 28.8 Å². The van der Waals surface area contributed by atoms with E-state index in [1.807, 2.05) is 12.1 Å². The lowest BCUT2D eigenvalue weighted by molar-refractivity contribution is 0.204. The number of aryl methyl sites for hydroxylation is 1. The number of halogens is 1. The Labute approximate surface area is 115 Å². The molecule has 3 nitrogen and oxygen atoms in total. The molecule has 1 aromatic rings. The van der Waals surface area contributed by atoms with E-state index in [1.165, 1.54) is 11.3 Å². The molecule has 1 saturated heterocycles. The number of nitrogens with one attached hydrogen (secondary N) is 1. The number of benzene rings is 1. The van der Waals surface area contributed by atoms with Crippen LogP contribution in [0.4, 0.5) is 5.69 Å². The van der Waals surface area contributed by atoms with Gasteiger partial charge in [-0.05, 0) is 37.7 Å². The van der Waals surface area contributed by atoms with Crippen LogP contribution in [-0.2, 0) is 0 Å². The Kier molecular flexibility index (Phi) is 4.49. The van der Waals surface area contributed by atoms with E-state index in [1.54, 1.807) is 0 Å². The number of nitrogens with zero attached hydrogens (tertiary/aromatic N) is 2. The SMILES string of the molecule is Cc1cc(Cl)ccc1N(C)CC1CNCCN1C. The standard InChI is InChI=1S/C14H22ClN3/c1-11-8-12(15)4-5-14(11)18(3)10-13-9-16-6-7-17(13)2/h4-5,8,13,16H,6-7,9-10H2,1-3H3. The minimum Gasteiger partial charge on any atom is -0.373 e. The van der Waals surface area contributed by atoms with Gasteiger partial charge >= 0.3 is 0 Å². The van der Waals surface area contributed by atoms with E-state index in [0.717, 1.165) is 31.2 Å². The summed E-state index contributed by atoms with van der Waals surface area (Å²) in [6.45, 7) is 6.43. The molecule has 1 unspecified atom stereocenters. The number of hydrogen-bond acceptors (Lipinski definition) is 3. The van der Waals surface area contributed by atoms with E-state index >= 15 is 0 Å². The first-order valence-corrected chi connectivity index (χ1v) is 6.84. The van der Waals surface area contributed by atoms with E-state index in [4.69, 9.17) is 11.6 Å². The quantitative estimate of drug-likeness (QED) is 0.904. The summed E-state index contributed by atoms with van der Waals surface area (Å²) in [6.07, 6.45) is 0. The molecule has 0 aromatic heterocycles. The van der Waals surface area contributed by atoms with Gasteiger partial charge in [-0.3, -0.25) is 4.90 Å². The number of piperazine rings is 1. The maximum absolute atomic E-state index is 6.00. The minimum absolute atomic E-state index is 0.568. The smallest absolute Gasteiger partial charge is 0.0410 e. The molecule has 1 heterocycles. The van der Waals surface area contributed by atoms with Crippen molar-refractivity contribution in [2.75, 3.05) is 45.2 Å². The van der Waals surface area contributed by atoms with Crippen molar-refractivity contribution < 1.29 is 0 Å². The predicted octanol–water partition coefficient (Wildman–Crippen LogP) is 1.99. The third-order valence-electron chi connectivity index (χ3n) is 3.70. The lowest BCUT2D eigenvalue weighted by atomic mass is 10.1. The number of likely N-dealkylation sites (N-methyl/N-ethyl adjacent to an activating group) is 2. The zero-order valence-corrected chi connectivity index (χ0v) is 12.2. The van der Waals surface area contributed by atoms with Gasteiger partial charge in [0.1, 0.15) is 0 Å². The highest BCUT2D eigenvalue weighted by Gasteiger charge is 2.20. The van der Waals surface area contributed by atoms with Gasteiger partial charge < -0.3 is 10.2 Å². The van der Waals surface area contributed by atoms with Crippen molar-refractivity contribution in [1.82, 2.24) is 10.2 Å². The first kappa shape index (κ1) is 13.7. The van der Waals surface area contributed by atoms with Gasteiger partial charge in [-0.1, -0.05) is 11.6 Å². The summed E-state index contributed by atoms with van der Waals surface area (Å²) in [7, 11) is 4.35. The molecule has 1 atom stereocenters. The van der Waals surface area contributed by atoms with Gasteiger partial charge in [0.25, 0.3) is 0 Å². The zero-order chi connectivity index (χ0) is 13.1. The Balaban J connectivity index is 2.04. The van der Waals surface area contributed by atoms with Gasteiger partial charge in [0, 0.05) is 50.0 Å². The second-order valence-electron chi connectivity index (χ2n) is 5.15. The summed E-state index contributed by atoms with van der Waals surface area (Å²) in [5, 5.41) is 4.26. The third kappa shape index (κ3) is 3.16. The second-order valence-corrected chi connectivity index (χ2v) is 5.59. The van der Waals surface area contributed by atoms with Crippen LogP contribution in [0.5, 0.6) is 0 Å². The summed E-state index contributed by atoms with van der Waals surface area (Å²) < 4.78 is 0. The zero-order valence-electron chi connectivity index (χ0n) is 11.4. The maximum atomic E-state index is 6.00. The van der Waals surface area contributed by atoms with Crippen molar-refractivity contribution in [2.24, 2.45) is 0 Å². The number of anilines is 1. The summed E-state index contributed by atoms with van der Waals surface area (Å²) >= 11 is 6.00. The first-order valence-electron chi connectivity index (χ1n) is 6.46. The molecular weight excluding hydrogens is 246 g/mol. The summed E-state index contributed by atoms with van der Waals surface area (Å²) in [6, 6.07) is 6.66. The highest BCUT2D eigenvalue weighted by Crippen LogP contribution is 2.23. The van der Waals surface area contributed by atoms with Crippen molar-refractivity contribution >= 4 is 17.3 Å². The fraction of sp³-hybridized carbons (Fsp3) is 0.571. The molecular formula is C14H22ClN3. The van der Waals surface area contributed by atoms with Crippen molar-refractivity contribution in [3.8, 4) is 0 Å². The topological polar surface area (TPSA) is 18.5 Å². The molecule has 1 aliphatic heterocycles. The van der Waals surface area contributed by atoms with Gasteiger partial charge in [0.15, 0.2) is 0 Å². The van der Waals surface area contributed by atoms with Gasteiger partial charge in [-0.25, -0.2) is 0 Å². The van der Waals surface area contributed by atoms with Crippen LogP contribution in [0.1, 0.15) is 5.56 Å². The lowest BCUT2D eigenvalue weighted by Gasteiger charge is -2.36. The average molecular weight is 268 g/mol. The normalized spacial score (nSPS) is 21.0. The highest BCUT2D eigenvalue weighted by atomic mass is 35.5. The molecule has 1 aliphatic rings. The molecule has 4 heteroatoms. The molecule has 2 rings (SSSR count). The molecule has 1 N–H and O–H groups in total. The van der Waals surface area contributed by atoms with Crippen molar-refractivity contribution in [3.63, 3.8) is 0 Å². The van der Waals surface area contributed by atoms with Gasteiger partial charge in [0.05, 0.1) is 0 Å². The molecule has 0 saturated carbocycles. The van der Waals surface area contributed by atoms with Crippen LogP contribution in [0.3, 0.4) is 0 Å². The molecule has 18 heavy (non-hydrogen) atoms. The molecule has 0 amide bonds. The van der Waals surface area contributed by atoms with E-state index < -0.39 is 0 Å². The Bertz CT molecular complexity index is 408. The lowest BCUT2D eigenvalue weighted by Crippen LogP contribution is -2.53. The monoisotopic (exact) mass is 267 g/mol. The van der Waals surface area contributed by atoms with Crippen LogP contribution in [0.25, 0.3) is 0 Å². The average Bonchev–Trinajstić information content (AvgIpc) is 2.32.